The minimum atomic E-state index is -0.0222. The van der Waals surface area contributed by atoms with Crippen molar-refractivity contribution in [2.75, 3.05) is 18.8 Å². The molecule has 0 atom stereocenters. The number of para-hydroxylation sites is 1. The predicted octanol–water partition coefficient (Wildman–Crippen LogP) is 3.40. The molecule has 6 heteroatoms. The number of carbonyl (C=O) groups is 1. The lowest BCUT2D eigenvalue weighted by molar-refractivity contribution is -0.129. The van der Waals surface area contributed by atoms with Crippen molar-refractivity contribution in [3.05, 3.63) is 34.6 Å². The second-order valence-electron chi connectivity index (χ2n) is 7.57. The highest BCUT2D eigenvalue weighted by Crippen LogP contribution is 2.21. The second-order valence-corrected chi connectivity index (χ2v) is 8.52. The summed E-state index contributed by atoms with van der Waals surface area (Å²) >= 11 is 1.38. The minimum absolute atomic E-state index is 0.0222. The molecule has 0 bridgehead atoms. The average Bonchev–Trinajstić information content (AvgIpc) is 2.63. The smallest absolute Gasteiger partial charge is 0.262 e. The van der Waals surface area contributed by atoms with E-state index in [0.717, 1.165) is 25.9 Å². The number of piperidine rings is 1. The summed E-state index contributed by atoms with van der Waals surface area (Å²) in [6.45, 7) is 8.68. The molecule has 26 heavy (non-hydrogen) atoms. The molecule has 0 radical (unpaired) electrons. The van der Waals surface area contributed by atoms with Gasteiger partial charge in [-0.15, -0.1) is 0 Å². The molecule has 0 spiro atoms. The fourth-order valence-electron chi connectivity index (χ4n) is 3.26. The van der Waals surface area contributed by atoms with Gasteiger partial charge in [-0.05, 0) is 36.8 Å². The topological polar surface area (TPSA) is 55.2 Å². The van der Waals surface area contributed by atoms with E-state index in [-0.39, 0.29) is 11.5 Å². The van der Waals surface area contributed by atoms with E-state index in [9.17, 15) is 9.59 Å². The van der Waals surface area contributed by atoms with E-state index in [4.69, 9.17) is 0 Å². The number of rotatable bonds is 5. The van der Waals surface area contributed by atoms with Crippen LogP contribution in [0.5, 0.6) is 0 Å². The number of benzene rings is 1. The van der Waals surface area contributed by atoms with Crippen LogP contribution in [0.25, 0.3) is 10.9 Å². The van der Waals surface area contributed by atoms with Crippen LogP contribution in [-0.2, 0) is 11.3 Å². The molecule has 2 aromatic rings. The molecule has 1 aromatic carbocycles. The van der Waals surface area contributed by atoms with Crippen molar-refractivity contribution >= 4 is 28.6 Å². The van der Waals surface area contributed by atoms with Crippen LogP contribution in [0, 0.1) is 11.8 Å². The Hall–Kier alpha value is -1.82. The van der Waals surface area contributed by atoms with Crippen LogP contribution in [0.4, 0.5) is 0 Å². The Morgan fingerprint density at radius 3 is 2.65 bits per heavy atom. The molecule has 1 aliphatic rings. The number of aromatic nitrogens is 2. The van der Waals surface area contributed by atoms with E-state index in [1.807, 2.05) is 29.2 Å². The van der Waals surface area contributed by atoms with Gasteiger partial charge in [0.25, 0.3) is 5.56 Å². The van der Waals surface area contributed by atoms with E-state index in [0.29, 0.717) is 40.2 Å². The number of fused-ring (bicyclic) bond motifs is 1. The Kier molecular flexibility index (Phi) is 6.01. The largest absolute Gasteiger partial charge is 0.342 e. The zero-order valence-electron chi connectivity index (χ0n) is 15.8. The number of carbonyl (C=O) groups excluding carboxylic acids is 1. The number of thioether (sulfide) groups is 1. The lowest BCUT2D eigenvalue weighted by Crippen LogP contribution is -2.39. The van der Waals surface area contributed by atoms with Gasteiger partial charge < -0.3 is 4.90 Å². The summed E-state index contributed by atoms with van der Waals surface area (Å²) in [5.41, 5.74) is 0.672. The molecule has 140 valence electrons. The van der Waals surface area contributed by atoms with Crippen LogP contribution < -0.4 is 5.56 Å². The molecule has 5 nitrogen and oxygen atoms in total. The molecular weight excluding hydrogens is 346 g/mol. The first kappa shape index (κ1) is 19.0. The molecule has 0 N–H and O–H groups in total. The highest BCUT2D eigenvalue weighted by molar-refractivity contribution is 7.99. The maximum atomic E-state index is 12.9. The number of hydrogen-bond donors (Lipinski definition) is 0. The lowest BCUT2D eigenvalue weighted by Gasteiger charge is -2.30. The molecule has 1 aliphatic heterocycles. The first-order chi connectivity index (χ1) is 12.5. The van der Waals surface area contributed by atoms with Crippen LogP contribution in [0.2, 0.25) is 0 Å². The van der Waals surface area contributed by atoms with Crippen molar-refractivity contribution in [3.8, 4) is 0 Å². The van der Waals surface area contributed by atoms with Crippen LogP contribution in [-0.4, -0.2) is 39.2 Å². The third-order valence-corrected chi connectivity index (χ3v) is 5.80. The molecule has 1 aromatic heterocycles. The molecular formula is C20H27N3O2S. The molecule has 0 aliphatic carbocycles. The normalized spacial score (nSPS) is 15.8. The van der Waals surface area contributed by atoms with E-state index >= 15 is 0 Å². The van der Waals surface area contributed by atoms with Crippen molar-refractivity contribution < 1.29 is 4.79 Å². The molecule has 2 heterocycles. The fraction of sp³-hybridized carbons (Fsp3) is 0.550. The monoisotopic (exact) mass is 373 g/mol. The van der Waals surface area contributed by atoms with Gasteiger partial charge in [-0.25, -0.2) is 4.98 Å². The van der Waals surface area contributed by atoms with E-state index in [2.05, 4.69) is 25.8 Å². The van der Waals surface area contributed by atoms with Crippen LogP contribution in [0.15, 0.2) is 34.2 Å². The average molecular weight is 374 g/mol. The second kappa shape index (κ2) is 8.25. The Labute approximate surface area is 158 Å². The standard InChI is InChI=1S/C20H27N3O2S/c1-14(2)12-23-19(25)16-6-4-5-7-17(16)21-20(23)26-13-18(24)22-10-8-15(3)9-11-22/h4-7,14-15H,8-13H2,1-3H3. The summed E-state index contributed by atoms with van der Waals surface area (Å²) < 4.78 is 1.73. The Morgan fingerprint density at radius 1 is 1.27 bits per heavy atom. The third kappa shape index (κ3) is 4.29. The SMILES string of the molecule is CC(C)Cn1c(SCC(=O)N2CCC(C)CC2)nc2ccccc2c1=O. The van der Waals surface area contributed by atoms with Gasteiger partial charge in [-0.3, -0.25) is 14.2 Å². The van der Waals surface area contributed by atoms with Crippen molar-refractivity contribution in [1.82, 2.24) is 14.5 Å². The first-order valence-corrected chi connectivity index (χ1v) is 10.3. The van der Waals surface area contributed by atoms with E-state index in [1.165, 1.54) is 11.8 Å². The molecule has 1 saturated heterocycles. The third-order valence-electron chi connectivity index (χ3n) is 4.84. The van der Waals surface area contributed by atoms with Gasteiger partial charge in [-0.2, -0.15) is 0 Å². The van der Waals surface area contributed by atoms with Gasteiger partial charge in [-0.1, -0.05) is 44.7 Å². The summed E-state index contributed by atoms with van der Waals surface area (Å²) in [7, 11) is 0. The van der Waals surface area contributed by atoms with E-state index in [1.54, 1.807) is 4.57 Å². The minimum Gasteiger partial charge on any atom is -0.342 e. The molecule has 3 rings (SSSR count). The maximum absolute atomic E-state index is 12.9. The highest BCUT2D eigenvalue weighted by atomic mass is 32.2. The lowest BCUT2D eigenvalue weighted by atomic mass is 9.99. The van der Waals surface area contributed by atoms with Crippen LogP contribution in [0.1, 0.15) is 33.6 Å². The number of hydrogen-bond acceptors (Lipinski definition) is 4. The zero-order valence-corrected chi connectivity index (χ0v) is 16.6. The summed E-state index contributed by atoms with van der Waals surface area (Å²) in [6.07, 6.45) is 2.14. The maximum Gasteiger partial charge on any atom is 0.262 e. The van der Waals surface area contributed by atoms with Gasteiger partial charge in [0, 0.05) is 19.6 Å². The molecule has 1 fully saturated rings. The Bertz CT molecular complexity index is 839. The van der Waals surface area contributed by atoms with Crippen molar-refractivity contribution in [2.45, 2.75) is 45.3 Å². The number of likely N-dealkylation sites (tertiary alicyclic amines) is 1. The molecule has 0 saturated carbocycles. The van der Waals surface area contributed by atoms with Gasteiger partial charge >= 0.3 is 0 Å². The predicted molar refractivity (Wildman–Crippen MR) is 107 cm³/mol. The van der Waals surface area contributed by atoms with Gasteiger partial charge in [0.1, 0.15) is 0 Å². The quantitative estimate of drug-likeness (QED) is 0.595. The van der Waals surface area contributed by atoms with Crippen LogP contribution in [0.3, 0.4) is 0 Å². The van der Waals surface area contributed by atoms with Crippen molar-refractivity contribution in [2.24, 2.45) is 11.8 Å². The van der Waals surface area contributed by atoms with Crippen molar-refractivity contribution in [3.63, 3.8) is 0 Å². The number of nitrogens with zero attached hydrogens (tertiary/aromatic N) is 3. The van der Waals surface area contributed by atoms with Gasteiger partial charge in [0.2, 0.25) is 5.91 Å². The van der Waals surface area contributed by atoms with Gasteiger partial charge in [0.05, 0.1) is 16.7 Å². The summed E-state index contributed by atoms with van der Waals surface area (Å²) in [5, 5.41) is 1.27. The first-order valence-electron chi connectivity index (χ1n) is 9.36. The van der Waals surface area contributed by atoms with Gasteiger partial charge in [0.15, 0.2) is 5.16 Å². The number of amides is 1. The Morgan fingerprint density at radius 2 is 1.96 bits per heavy atom. The van der Waals surface area contributed by atoms with Crippen molar-refractivity contribution in [1.29, 1.82) is 0 Å². The summed E-state index contributed by atoms with van der Waals surface area (Å²) in [6, 6.07) is 7.42. The molecule has 1 amide bonds. The fourth-order valence-corrected chi connectivity index (χ4v) is 4.17. The summed E-state index contributed by atoms with van der Waals surface area (Å²) in [4.78, 5) is 32.0. The highest BCUT2D eigenvalue weighted by Gasteiger charge is 2.21. The summed E-state index contributed by atoms with van der Waals surface area (Å²) in [5.74, 6) is 1.50. The van der Waals surface area contributed by atoms with Crippen LogP contribution >= 0.6 is 11.8 Å². The zero-order chi connectivity index (χ0) is 18.7. The van der Waals surface area contributed by atoms with E-state index < -0.39 is 0 Å². The Balaban J connectivity index is 1.82. The molecule has 0 unspecified atom stereocenters.